The number of alkyl halides is 1. The minimum Gasteiger partial charge on any atom is -0.381 e. The van der Waals surface area contributed by atoms with Crippen molar-refractivity contribution in [2.75, 3.05) is 12.4 Å². The van der Waals surface area contributed by atoms with Crippen molar-refractivity contribution in [3.05, 3.63) is 5.69 Å². The van der Waals surface area contributed by atoms with Gasteiger partial charge in [0, 0.05) is 12.0 Å². The third-order valence-corrected chi connectivity index (χ3v) is 1.98. The Hall–Kier alpha value is -1.13. The van der Waals surface area contributed by atoms with Crippen LogP contribution >= 0.6 is 0 Å². The van der Waals surface area contributed by atoms with Gasteiger partial charge in [-0.05, 0) is 6.42 Å². The Kier molecular flexibility index (Phi) is 3.08. The normalized spacial score (nSPS) is 12.0. The smallest absolute Gasteiger partial charge is 0.169 e. The maximum Gasteiger partial charge on any atom is 0.169 e. The summed E-state index contributed by atoms with van der Waals surface area (Å²) in [4.78, 5) is 0. The molecule has 5 heteroatoms. The van der Waals surface area contributed by atoms with Gasteiger partial charge in [-0.3, -0.25) is 4.39 Å². The van der Waals surface area contributed by atoms with Crippen molar-refractivity contribution in [3.63, 3.8) is 0 Å². The van der Waals surface area contributed by atoms with Crippen LogP contribution in [0.2, 0.25) is 0 Å². The fraction of sp³-hybridized carbons (Fsp3) is 0.778. The lowest BCUT2D eigenvalue weighted by atomic mass is 9.92. The van der Waals surface area contributed by atoms with Crippen molar-refractivity contribution in [3.8, 4) is 0 Å². The molecule has 80 valence electrons. The second-order valence-electron chi connectivity index (χ2n) is 4.34. The topological polar surface area (TPSA) is 56.7 Å². The van der Waals surface area contributed by atoms with Gasteiger partial charge in [0.05, 0.1) is 12.4 Å². The second kappa shape index (κ2) is 3.94. The van der Waals surface area contributed by atoms with E-state index in [4.69, 9.17) is 5.73 Å². The standard InChI is InChI=1S/C9H17FN4/c1-9(2,3)7-8(11)12-13-14(7)6-4-5-10/h4-6,11H2,1-3H3. The molecular weight excluding hydrogens is 183 g/mol. The lowest BCUT2D eigenvalue weighted by Gasteiger charge is -2.19. The Balaban J connectivity index is 2.95. The first-order valence-corrected chi connectivity index (χ1v) is 4.72. The average molecular weight is 200 g/mol. The molecule has 2 N–H and O–H groups in total. The number of halogens is 1. The van der Waals surface area contributed by atoms with Crippen molar-refractivity contribution >= 4 is 5.82 Å². The molecule has 0 atom stereocenters. The van der Waals surface area contributed by atoms with Gasteiger partial charge in [-0.1, -0.05) is 26.0 Å². The number of aromatic nitrogens is 3. The van der Waals surface area contributed by atoms with E-state index in [1.165, 1.54) is 0 Å². The average Bonchev–Trinajstić information content (AvgIpc) is 2.42. The van der Waals surface area contributed by atoms with E-state index < -0.39 is 0 Å². The Bertz CT molecular complexity index is 300. The Morgan fingerprint density at radius 3 is 2.57 bits per heavy atom. The molecule has 0 aliphatic carbocycles. The van der Waals surface area contributed by atoms with Crippen LogP contribution < -0.4 is 5.73 Å². The fourth-order valence-electron chi connectivity index (χ4n) is 1.46. The van der Waals surface area contributed by atoms with E-state index >= 15 is 0 Å². The summed E-state index contributed by atoms with van der Waals surface area (Å²) in [5.74, 6) is 0.441. The van der Waals surface area contributed by atoms with Crippen LogP contribution in [0, 0.1) is 0 Å². The van der Waals surface area contributed by atoms with Gasteiger partial charge >= 0.3 is 0 Å². The van der Waals surface area contributed by atoms with E-state index in [1.54, 1.807) is 4.68 Å². The van der Waals surface area contributed by atoms with Crippen molar-refractivity contribution in [1.29, 1.82) is 0 Å². The van der Waals surface area contributed by atoms with Crippen molar-refractivity contribution in [2.24, 2.45) is 0 Å². The van der Waals surface area contributed by atoms with Gasteiger partial charge in [0.1, 0.15) is 0 Å². The van der Waals surface area contributed by atoms with Crippen LogP contribution in [0.3, 0.4) is 0 Å². The van der Waals surface area contributed by atoms with E-state index in [0.29, 0.717) is 18.8 Å². The van der Waals surface area contributed by atoms with Gasteiger partial charge in [0.2, 0.25) is 0 Å². The molecule has 0 unspecified atom stereocenters. The number of nitrogens with zero attached hydrogens (tertiary/aromatic N) is 3. The van der Waals surface area contributed by atoms with Gasteiger partial charge in [-0.25, -0.2) is 4.68 Å². The summed E-state index contributed by atoms with van der Waals surface area (Å²) in [7, 11) is 0. The van der Waals surface area contributed by atoms with E-state index in [-0.39, 0.29) is 12.1 Å². The van der Waals surface area contributed by atoms with E-state index in [0.717, 1.165) is 5.69 Å². The third-order valence-electron chi connectivity index (χ3n) is 1.98. The molecule has 0 radical (unpaired) electrons. The molecule has 0 amide bonds. The van der Waals surface area contributed by atoms with Crippen LogP contribution in [0.5, 0.6) is 0 Å². The maximum atomic E-state index is 12.0. The minimum absolute atomic E-state index is 0.107. The zero-order valence-corrected chi connectivity index (χ0v) is 8.92. The van der Waals surface area contributed by atoms with E-state index in [9.17, 15) is 4.39 Å². The predicted molar refractivity (Wildman–Crippen MR) is 53.7 cm³/mol. The highest BCUT2D eigenvalue weighted by Gasteiger charge is 2.23. The van der Waals surface area contributed by atoms with E-state index in [1.807, 2.05) is 20.8 Å². The zero-order valence-electron chi connectivity index (χ0n) is 8.92. The van der Waals surface area contributed by atoms with Gasteiger partial charge in [0.25, 0.3) is 0 Å². The Morgan fingerprint density at radius 1 is 1.43 bits per heavy atom. The van der Waals surface area contributed by atoms with Crippen molar-refractivity contribution < 1.29 is 4.39 Å². The highest BCUT2D eigenvalue weighted by Crippen LogP contribution is 2.25. The lowest BCUT2D eigenvalue weighted by molar-refractivity contribution is 0.410. The van der Waals surface area contributed by atoms with Crippen LogP contribution in [-0.4, -0.2) is 21.7 Å². The summed E-state index contributed by atoms with van der Waals surface area (Å²) < 4.78 is 13.7. The molecule has 0 aromatic carbocycles. The molecule has 0 aliphatic rings. The van der Waals surface area contributed by atoms with Crippen LogP contribution in [0.15, 0.2) is 0 Å². The molecule has 1 heterocycles. The molecule has 0 fully saturated rings. The zero-order chi connectivity index (χ0) is 10.8. The summed E-state index contributed by atoms with van der Waals surface area (Å²) in [5.41, 5.74) is 6.48. The quantitative estimate of drug-likeness (QED) is 0.804. The molecule has 0 spiro atoms. The molecule has 1 rings (SSSR count). The predicted octanol–water partition coefficient (Wildman–Crippen LogP) is 1.52. The fourth-order valence-corrected chi connectivity index (χ4v) is 1.46. The van der Waals surface area contributed by atoms with Crippen molar-refractivity contribution in [1.82, 2.24) is 15.0 Å². The first-order chi connectivity index (χ1) is 6.46. The van der Waals surface area contributed by atoms with Gasteiger partial charge in [-0.2, -0.15) is 0 Å². The number of hydrogen-bond acceptors (Lipinski definition) is 3. The third kappa shape index (κ3) is 2.21. The van der Waals surface area contributed by atoms with Crippen LogP contribution in [-0.2, 0) is 12.0 Å². The summed E-state index contributed by atoms with van der Waals surface area (Å²) in [6.07, 6.45) is 0.450. The molecule has 0 aliphatic heterocycles. The number of aryl methyl sites for hydroxylation is 1. The Labute approximate surface area is 83.3 Å². The highest BCUT2D eigenvalue weighted by molar-refractivity contribution is 5.37. The van der Waals surface area contributed by atoms with Crippen LogP contribution in [0.4, 0.5) is 10.2 Å². The number of anilines is 1. The van der Waals surface area contributed by atoms with Crippen molar-refractivity contribution in [2.45, 2.75) is 39.2 Å². The summed E-state index contributed by atoms with van der Waals surface area (Å²) in [6, 6.07) is 0. The van der Waals surface area contributed by atoms with Gasteiger partial charge in [0.15, 0.2) is 5.82 Å². The van der Waals surface area contributed by atoms with E-state index in [2.05, 4.69) is 10.3 Å². The lowest BCUT2D eigenvalue weighted by Crippen LogP contribution is -2.20. The first kappa shape index (κ1) is 10.9. The van der Waals surface area contributed by atoms with Crippen LogP contribution in [0.25, 0.3) is 0 Å². The van der Waals surface area contributed by atoms with Crippen LogP contribution in [0.1, 0.15) is 32.9 Å². The van der Waals surface area contributed by atoms with Gasteiger partial charge in [-0.15, -0.1) is 5.10 Å². The summed E-state index contributed by atoms with van der Waals surface area (Å²) >= 11 is 0. The maximum absolute atomic E-state index is 12.0. The molecule has 0 saturated carbocycles. The summed E-state index contributed by atoms with van der Waals surface area (Å²) in [5, 5.41) is 7.70. The summed E-state index contributed by atoms with van der Waals surface area (Å²) in [6.45, 7) is 6.30. The number of rotatable bonds is 3. The molecular formula is C9H17FN4. The molecule has 4 nitrogen and oxygen atoms in total. The molecule has 1 aromatic rings. The molecule has 0 saturated heterocycles. The highest BCUT2D eigenvalue weighted by atomic mass is 19.1. The SMILES string of the molecule is CC(C)(C)c1c(N)nnn1CCCF. The Morgan fingerprint density at radius 2 is 2.07 bits per heavy atom. The van der Waals surface area contributed by atoms with Gasteiger partial charge < -0.3 is 5.73 Å². The molecule has 0 bridgehead atoms. The number of hydrogen-bond donors (Lipinski definition) is 1. The molecule has 1 aromatic heterocycles. The largest absolute Gasteiger partial charge is 0.381 e. The first-order valence-electron chi connectivity index (χ1n) is 4.72. The number of nitrogen functional groups attached to an aromatic ring is 1. The monoisotopic (exact) mass is 200 g/mol. The minimum atomic E-state index is -0.344. The number of nitrogens with two attached hydrogens (primary N) is 1. The second-order valence-corrected chi connectivity index (χ2v) is 4.34. The molecule has 14 heavy (non-hydrogen) atoms.